The highest BCUT2D eigenvalue weighted by Gasteiger charge is 2.28. The van der Waals surface area contributed by atoms with Gasteiger partial charge in [-0.05, 0) is 50.1 Å². The van der Waals surface area contributed by atoms with Crippen LogP contribution in [0.5, 0.6) is 0 Å². The first kappa shape index (κ1) is 18.4. The minimum atomic E-state index is -0.0963. The summed E-state index contributed by atoms with van der Waals surface area (Å²) in [5.41, 5.74) is 4.31. The van der Waals surface area contributed by atoms with Crippen LogP contribution in [0.15, 0.2) is 65.7 Å². The number of benzene rings is 1. The van der Waals surface area contributed by atoms with Crippen molar-refractivity contribution in [3.8, 4) is 11.3 Å². The summed E-state index contributed by atoms with van der Waals surface area (Å²) in [5, 5.41) is 4.62. The lowest BCUT2D eigenvalue weighted by molar-refractivity contribution is 0.488. The van der Waals surface area contributed by atoms with Crippen molar-refractivity contribution in [1.29, 1.82) is 0 Å². The Morgan fingerprint density at radius 1 is 1.00 bits per heavy atom. The fourth-order valence-corrected chi connectivity index (χ4v) is 4.11. The third-order valence-corrected chi connectivity index (χ3v) is 5.60. The molecular weight excluding hydrogens is 376 g/mol. The van der Waals surface area contributed by atoms with Gasteiger partial charge in [0.2, 0.25) is 0 Å². The predicted octanol–water partition coefficient (Wildman–Crippen LogP) is 3.23. The Balaban J connectivity index is 1.47. The molecule has 0 saturated carbocycles. The Bertz CT molecular complexity index is 1250. The number of fused-ring (bicyclic) bond motifs is 1. The standard InChI is InChI=1S/C23H22N6O/c1-16-23(26-21-7-3-2-6-20(21)25-16)28-14-4-5-18(28)15-29-22(30)9-8-19(27-29)17-10-12-24-13-11-17/h2-3,6-13,18H,4-5,14-15H2,1H3. The largest absolute Gasteiger partial charge is 0.350 e. The van der Waals surface area contributed by atoms with Gasteiger partial charge in [-0.15, -0.1) is 0 Å². The number of hydrogen-bond donors (Lipinski definition) is 0. The van der Waals surface area contributed by atoms with Gasteiger partial charge in [-0.25, -0.2) is 14.6 Å². The van der Waals surface area contributed by atoms with E-state index in [1.807, 2.05) is 43.3 Å². The van der Waals surface area contributed by atoms with Crippen molar-refractivity contribution in [3.63, 3.8) is 0 Å². The number of nitrogens with zero attached hydrogens (tertiary/aromatic N) is 6. The van der Waals surface area contributed by atoms with Crippen LogP contribution < -0.4 is 10.5 Å². The Kier molecular flexibility index (Phi) is 4.71. The predicted molar refractivity (Wildman–Crippen MR) is 116 cm³/mol. The van der Waals surface area contributed by atoms with E-state index < -0.39 is 0 Å². The van der Waals surface area contributed by atoms with E-state index in [1.165, 1.54) is 0 Å². The van der Waals surface area contributed by atoms with Crippen LogP contribution in [0.4, 0.5) is 5.82 Å². The molecule has 4 heterocycles. The summed E-state index contributed by atoms with van der Waals surface area (Å²) in [5.74, 6) is 0.898. The molecule has 1 fully saturated rings. The van der Waals surface area contributed by atoms with Crippen molar-refractivity contribution in [3.05, 3.63) is 77.0 Å². The third kappa shape index (κ3) is 3.43. The second-order valence-corrected chi connectivity index (χ2v) is 7.59. The molecule has 30 heavy (non-hydrogen) atoms. The lowest BCUT2D eigenvalue weighted by Gasteiger charge is -2.27. The van der Waals surface area contributed by atoms with Gasteiger partial charge in [-0.1, -0.05) is 12.1 Å². The first-order valence-corrected chi connectivity index (χ1v) is 10.2. The molecule has 1 unspecified atom stereocenters. The first-order valence-electron chi connectivity index (χ1n) is 10.2. The number of para-hydroxylation sites is 2. The summed E-state index contributed by atoms with van der Waals surface area (Å²) < 4.78 is 1.57. The minimum Gasteiger partial charge on any atom is -0.350 e. The number of rotatable bonds is 4. The summed E-state index contributed by atoms with van der Waals surface area (Å²) in [6.45, 7) is 3.42. The molecule has 0 amide bonds. The Hall–Kier alpha value is -3.61. The van der Waals surface area contributed by atoms with Gasteiger partial charge in [0.05, 0.1) is 35.0 Å². The molecule has 0 bridgehead atoms. The second kappa shape index (κ2) is 7.67. The van der Waals surface area contributed by atoms with Gasteiger partial charge in [0.1, 0.15) is 0 Å². The van der Waals surface area contributed by atoms with Gasteiger partial charge in [0.15, 0.2) is 5.82 Å². The molecule has 150 valence electrons. The minimum absolute atomic E-state index is 0.0963. The molecule has 4 aromatic rings. The van der Waals surface area contributed by atoms with Crippen molar-refractivity contribution >= 4 is 16.9 Å². The van der Waals surface area contributed by atoms with E-state index in [9.17, 15) is 4.79 Å². The van der Waals surface area contributed by atoms with E-state index in [0.717, 1.165) is 53.2 Å². The van der Waals surface area contributed by atoms with E-state index >= 15 is 0 Å². The molecule has 0 spiro atoms. The van der Waals surface area contributed by atoms with Gasteiger partial charge < -0.3 is 4.90 Å². The molecule has 1 saturated heterocycles. The van der Waals surface area contributed by atoms with Crippen LogP contribution in [0.1, 0.15) is 18.5 Å². The normalized spacial score (nSPS) is 16.3. The molecule has 0 aliphatic carbocycles. The van der Waals surface area contributed by atoms with Crippen molar-refractivity contribution < 1.29 is 0 Å². The van der Waals surface area contributed by atoms with Gasteiger partial charge >= 0.3 is 0 Å². The molecule has 0 N–H and O–H groups in total. The maximum Gasteiger partial charge on any atom is 0.266 e. The topological polar surface area (TPSA) is 76.8 Å². The highest BCUT2D eigenvalue weighted by atomic mass is 16.1. The van der Waals surface area contributed by atoms with Crippen LogP contribution in [0.3, 0.4) is 0 Å². The van der Waals surface area contributed by atoms with Gasteiger partial charge in [-0.2, -0.15) is 5.10 Å². The van der Waals surface area contributed by atoms with Gasteiger partial charge in [-0.3, -0.25) is 9.78 Å². The number of anilines is 1. The number of aryl methyl sites for hydroxylation is 1. The van der Waals surface area contributed by atoms with Crippen molar-refractivity contribution in [1.82, 2.24) is 24.7 Å². The average Bonchev–Trinajstić information content (AvgIpc) is 3.23. The van der Waals surface area contributed by atoms with Crippen molar-refractivity contribution in [2.45, 2.75) is 32.4 Å². The number of pyridine rings is 1. The highest BCUT2D eigenvalue weighted by molar-refractivity contribution is 5.76. The SMILES string of the molecule is Cc1nc2ccccc2nc1N1CCCC1Cn1nc(-c2ccncc2)ccc1=O. The Labute approximate surface area is 174 Å². The van der Waals surface area contributed by atoms with Gasteiger partial charge in [0, 0.05) is 30.6 Å². The molecule has 3 aromatic heterocycles. The summed E-state index contributed by atoms with van der Waals surface area (Å²) in [7, 11) is 0. The van der Waals surface area contributed by atoms with Crippen LogP contribution in [0.2, 0.25) is 0 Å². The number of hydrogen-bond acceptors (Lipinski definition) is 6. The zero-order valence-electron chi connectivity index (χ0n) is 16.8. The molecule has 7 nitrogen and oxygen atoms in total. The van der Waals surface area contributed by atoms with E-state index in [0.29, 0.717) is 6.54 Å². The van der Waals surface area contributed by atoms with Crippen LogP contribution in [0, 0.1) is 6.92 Å². The van der Waals surface area contributed by atoms with Crippen LogP contribution in [-0.2, 0) is 6.54 Å². The molecule has 1 atom stereocenters. The average molecular weight is 398 g/mol. The summed E-state index contributed by atoms with van der Waals surface area (Å²) in [6.07, 6.45) is 5.50. The van der Waals surface area contributed by atoms with E-state index in [-0.39, 0.29) is 11.6 Å². The Morgan fingerprint density at radius 2 is 1.77 bits per heavy atom. The van der Waals surface area contributed by atoms with Crippen molar-refractivity contribution in [2.75, 3.05) is 11.4 Å². The smallest absolute Gasteiger partial charge is 0.266 e. The quantitative estimate of drug-likeness (QED) is 0.525. The summed E-state index contributed by atoms with van der Waals surface area (Å²) >= 11 is 0. The maximum absolute atomic E-state index is 12.5. The molecule has 1 aliphatic rings. The zero-order valence-corrected chi connectivity index (χ0v) is 16.8. The van der Waals surface area contributed by atoms with E-state index in [2.05, 4.69) is 15.0 Å². The lowest BCUT2D eigenvalue weighted by atomic mass is 10.2. The fraction of sp³-hybridized carbons (Fsp3) is 0.261. The Morgan fingerprint density at radius 3 is 2.57 bits per heavy atom. The van der Waals surface area contributed by atoms with Gasteiger partial charge in [0.25, 0.3) is 5.56 Å². The molecule has 5 rings (SSSR count). The van der Waals surface area contributed by atoms with E-state index in [1.54, 1.807) is 29.2 Å². The molecular formula is C23H22N6O. The van der Waals surface area contributed by atoms with E-state index in [4.69, 9.17) is 9.97 Å². The van der Waals surface area contributed by atoms with Crippen LogP contribution in [0.25, 0.3) is 22.3 Å². The maximum atomic E-state index is 12.5. The second-order valence-electron chi connectivity index (χ2n) is 7.59. The lowest BCUT2D eigenvalue weighted by Crippen LogP contribution is -2.38. The first-order chi connectivity index (χ1) is 14.7. The third-order valence-electron chi connectivity index (χ3n) is 5.60. The zero-order chi connectivity index (χ0) is 20.5. The molecule has 0 radical (unpaired) electrons. The van der Waals surface area contributed by atoms with Crippen LogP contribution >= 0.6 is 0 Å². The summed E-state index contributed by atoms with van der Waals surface area (Å²) in [6, 6.07) is 15.2. The molecule has 1 aliphatic heterocycles. The number of aromatic nitrogens is 5. The summed E-state index contributed by atoms with van der Waals surface area (Å²) in [4.78, 5) is 28.5. The monoisotopic (exact) mass is 398 g/mol. The molecule has 7 heteroatoms. The van der Waals surface area contributed by atoms with Crippen molar-refractivity contribution in [2.24, 2.45) is 0 Å². The fourth-order valence-electron chi connectivity index (χ4n) is 4.11. The molecule has 1 aromatic carbocycles. The highest BCUT2D eigenvalue weighted by Crippen LogP contribution is 2.28. The van der Waals surface area contributed by atoms with Crippen LogP contribution in [-0.4, -0.2) is 37.3 Å².